The van der Waals surface area contributed by atoms with Crippen LogP contribution in [-0.2, 0) is 15.9 Å². The molecule has 16 heavy (non-hydrogen) atoms. The monoisotopic (exact) mass is 223 g/mol. The summed E-state index contributed by atoms with van der Waals surface area (Å²) in [5.41, 5.74) is 0.864. The third-order valence-corrected chi connectivity index (χ3v) is 2.60. The maximum absolute atomic E-state index is 9.99. The van der Waals surface area contributed by atoms with E-state index in [-0.39, 0.29) is 6.10 Å². The molecule has 1 fully saturated rings. The molecular weight excluding hydrogens is 206 g/mol. The van der Waals surface area contributed by atoms with E-state index in [2.05, 4.69) is 4.98 Å². The summed E-state index contributed by atoms with van der Waals surface area (Å²) in [6, 6.07) is 5.66. The average Bonchev–Trinajstić information content (AvgIpc) is 2.60. The van der Waals surface area contributed by atoms with E-state index in [1.807, 2.05) is 32.0 Å². The van der Waals surface area contributed by atoms with Gasteiger partial charge in [-0.1, -0.05) is 6.07 Å². The van der Waals surface area contributed by atoms with Crippen molar-refractivity contribution in [3.63, 3.8) is 0 Å². The van der Waals surface area contributed by atoms with Gasteiger partial charge in [-0.3, -0.25) is 4.98 Å². The quantitative estimate of drug-likeness (QED) is 0.834. The van der Waals surface area contributed by atoms with E-state index in [9.17, 15) is 5.11 Å². The Hall–Kier alpha value is -0.970. The van der Waals surface area contributed by atoms with Gasteiger partial charge in [0.25, 0.3) is 0 Å². The van der Waals surface area contributed by atoms with Gasteiger partial charge in [0.05, 0.1) is 12.7 Å². The van der Waals surface area contributed by atoms with Crippen molar-refractivity contribution in [1.82, 2.24) is 4.98 Å². The molecule has 0 saturated carbocycles. The molecule has 2 heterocycles. The van der Waals surface area contributed by atoms with Crippen LogP contribution in [0.2, 0.25) is 0 Å². The molecule has 0 unspecified atom stereocenters. The Balaban J connectivity index is 1.92. The predicted octanol–water partition coefficient (Wildman–Crippen LogP) is 1.14. The molecule has 0 radical (unpaired) electrons. The molecule has 0 aromatic carbocycles. The number of hydrogen-bond donors (Lipinski definition) is 1. The van der Waals surface area contributed by atoms with Gasteiger partial charge in [-0.2, -0.15) is 0 Å². The van der Waals surface area contributed by atoms with Crippen LogP contribution in [0.15, 0.2) is 24.4 Å². The number of ether oxygens (including phenoxy) is 2. The van der Waals surface area contributed by atoms with E-state index in [1.54, 1.807) is 6.20 Å². The van der Waals surface area contributed by atoms with E-state index in [0.717, 1.165) is 5.69 Å². The number of nitrogens with zero attached hydrogens (tertiary/aromatic N) is 1. The van der Waals surface area contributed by atoms with Gasteiger partial charge in [0, 0.05) is 18.3 Å². The number of rotatable bonds is 3. The van der Waals surface area contributed by atoms with Gasteiger partial charge in [0.2, 0.25) is 0 Å². The smallest absolute Gasteiger partial charge is 0.163 e. The van der Waals surface area contributed by atoms with E-state index in [0.29, 0.717) is 13.0 Å². The summed E-state index contributed by atoms with van der Waals surface area (Å²) in [5.74, 6) is -0.588. The first kappa shape index (κ1) is 11.5. The minimum absolute atomic E-state index is 0.267. The largest absolute Gasteiger partial charge is 0.390 e. The fraction of sp³-hybridized carbons (Fsp3) is 0.583. The SMILES string of the molecule is CC1(C)OC[C@H]([C@@H](O)Cc2ccccn2)O1. The Labute approximate surface area is 95.2 Å². The van der Waals surface area contributed by atoms with Gasteiger partial charge >= 0.3 is 0 Å². The number of hydrogen-bond acceptors (Lipinski definition) is 4. The van der Waals surface area contributed by atoms with Crippen molar-refractivity contribution in [1.29, 1.82) is 0 Å². The number of aliphatic hydroxyl groups excluding tert-OH is 1. The van der Waals surface area contributed by atoms with Crippen molar-refractivity contribution in [3.05, 3.63) is 30.1 Å². The zero-order valence-corrected chi connectivity index (χ0v) is 9.59. The number of aliphatic hydroxyl groups is 1. The normalized spacial score (nSPS) is 25.6. The van der Waals surface area contributed by atoms with Crippen molar-refractivity contribution in [2.24, 2.45) is 0 Å². The van der Waals surface area contributed by atoms with Gasteiger partial charge in [-0.25, -0.2) is 0 Å². The maximum atomic E-state index is 9.99. The van der Waals surface area contributed by atoms with Crippen LogP contribution in [0.25, 0.3) is 0 Å². The Bertz CT molecular complexity index is 339. The average molecular weight is 223 g/mol. The fourth-order valence-electron chi connectivity index (χ4n) is 1.77. The van der Waals surface area contributed by atoms with Gasteiger partial charge < -0.3 is 14.6 Å². The summed E-state index contributed by atoms with van der Waals surface area (Å²) in [6.07, 6.45) is 1.37. The molecular formula is C12H17NO3. The lowest BCUT2D eigenvalue weighted by Gasteiger charge is -2.20. The van der Waals surface area contributed by atoms with Crippen LogP contribution >= 0.6 is 0 Å². The summed E-state index contributed by atoms with van der Waals surface area (Å²) in [5, 5.41) is 9.99. The minimum atomic E-state index is -0.588. The van der Waals surface area contributed by atoms with Crippen LogP contribution in [0.4, 0.5) is 0 Å². The van der Waals surface area contributed by atoms with Crippen molar-refractivity contribution in [2.75, 3.05) is 6.61 Å². The molecule has 4 heteroatoms. The van der Waals surface area contributed by atoms with Crippen molar-refractivity contribution in [3.8, 4) is 0 Å². The highest BCUT2D eigenvalue weighted by Crippen LogP contribution is 2.25. The third kappa shape index (κ3) is 2.78. The van der Waals surface area contributed by atoms with Gasteiger partial charge in [-0.05, 0) is 26.0 Å². The van der Waals surface area contributed by atoms with E-state index < -0.39 is 11.9 Å². The van der Waals surface area contributed by atoms with Crippen molar-refractivity contribution < 1.29 is 14.6 Å². The minimum Gasteiger partial charge on any atom is -0.390 e. The molecule has 88 valence electrons. The second-order valence-electron chi connectivity index (χ2n) is 4.46. The first-order valence-corrected chi connectivity index (χ1v) is 5.46. The molecule has 1 saturated heterocycles. The molecule has 2 atom stereocenters. The maximum Gasteiger partial charge on any atom is 0.163 e. The van der Waals surface area contributed by atoms with Crippen LogP contribution in [-0.4, -0.2) is 34.7 Å². The van der Waals surface area contributed by atoms with Crippen molar-refractivity contribution in [2.45, 2.75) is 38.3 Å². The summed E-state index contributed by atoms with van der Waals surface area (Å²) < 4.78 is 11.0. The topological polar surface area (TPSA) is 51.6 Å². The zero-order chi connectivity index (χ0) is 11.6. The lowest BCUT2D eigenvalue weighted by molar-refractivity contribution is -0.150. The molecule has 1 aliphatic heterocycles. The Kier molecular flexibility index (Phi) is 3.23. The molecule has 0 amide bonds. The summed E-state index contributed by atoms with van der Waals surface area (Å²) in [4.78, 5) is 4.17. The van der Waals surface area contributed by atoms with Crippen molar-refractivity contribution >= 4 is 0 Å². The highest BCUT2D eigenvalue weighted by Gasteiger charge is 2.36. The summed E-state index contributed by atoms with van der Waals surface area (Å²) in [6.45, 7) is 4.13. The number of pyridine rings is 1. The summed E-state index contributed by atoms with van der Waals surface area (Å²) in [7, 11) is 0. The van der Waals surface area contributed by atoms with Crippen LogP contribution in [0.3, 0.4) is 0 Å². The molecule has 0 aliphatic carbocycles. The highest BCUT2D eigenvalue weighted by molar-refractivity contribution is 5.05. The second kappa shape index (κ2) is 4.49. The zero-order valence-electron chi connectivity index (χ0n) is 9.59. The molecule has 2 rings (SSSR count). The molecule has 0 bridgehead atoms. The first-order chi connectivity index (χ1) is 7.57. The molecule has 1 aliphatic rings. The van der Waals surface area contributed by atoms with E-state index >= 15 is 0 Å². The molecule has 1 aromatic heterocycles. The fourth-order valence-corrected chi connectivity index (χ4v) is 1.77. The first-order valence-electron chi connectivity index (χ1n) is 5.46. The molecule has 0 spiro atoms. The van der Waals surface area contributed by atoms with Crippen LogP contribution < -0.4 is 0 Å². The predicted molar refractivity (Wildman–Crippen MR) is 58.9 cm³/mol. The lowest BCUT2D eigenvalue weighted by Crippen LogP contribution is -2.32. The van der Waals surface area contributed by atoms with Gasteiger partial charge in [0.15, 0.2) is 5.79 Å². The van der Waals surface area contributed by atoms with E-state index in [4.69, 9.17) is 9.47 Å². The van der Waals surface area contributed by atoms with Gasteiger partial charge in [0.1, 0.15) is 6.10 Å². The lowest BCUT2D eigenvalue weighted by atomic mass is 10.1. The molecule has 1 aromatic rings. The summed E-state index contributed by atoms with van der Waals surface area (Å²) >= 11 is 0. The third-order valence-electron chi connectivity index (χ3n) is 2.60. The van der Waals surface area contributed by atoms with Crippen LogP contribution in [0, 0.1) is 0 Å². The Morgan fingerprint density at radius 2 is 2.38 bits per heavy atom. The standard InChI is InChI=1S/C12H17NO3/c1-12(2)15-8-11(16-12)10(14)7-9-5-3-4-6-13-9/h3-6,10-11,14H,7-8H2,1-2H3/t10-,11+/m0/s1. The molecule has 4 nitrogen and oxygen atoms in total. The second-order valence-corrected chi connectivity index (χ2v) is 4.46. The van der Waals surface area contributed by atoms with Gasteiger partial charge in [-0.15, -0.1) is 0 Å². The molecule has 1 N–H and O–H groups in total. The van der Waals surface area contributed by atoms with Crippen LogP contribution in [0.5, 0.6) is 0 Å². The highest BCUT2D eigenvalue weighted by atomic mass is 16.7. The van der Waals surface area contributed by atoms with E-state index in [1.165, 1.54) is 0 Å². The number of aromatic nitrogens is 1. The Morgan fingerprint density at radius 3 is 2.94 bits per heavy atom. The Morgan fingerprint density at radius 1 is 1.56 bits per heavy atom. The van der Waals surface area contributed by atoms with Crippen LogP contribution in [0.1, 0.15) is 19.5 Å².